The summed E-state index contributed by atoms with van der Waals surface area (Å²) in [6.45, 7) is 16.1. The van der Waals surface area contributed by atoms with E-state index in [1.54, 1.807) is 16.7 Å². The Bertz CT molecular complexity index is 1000. The van der Waals surface area contributed by atoms with E-state index in [1.807, 2.05) is 7.11 Å². The third-order valence-electron chi connectivity index (χ3n) is 7.10. The van der Waals surface area contributed by atoms with E-state index in [9.17, 15) is 0 Å². The molecule has 0 spiro atoms. The first-order valence-electron chi connectivity index (χ1n) is 12.1. The molecule has 2 aliphatic carbocycles. The van der Waals surface area contributed by atoms with Gasteiger partial charge >= 0.3 is 0 Å². The zero-order chi connectivity index (χ0) is 22.6. The van der Waals surface area contributed by atoms with Gasteiger partial charge in [0, 0.05) is 11.1 Å². The van der Waals surface area contributed by atoms with Crippen molar-refractivity contribution in [3.05, 3.63) is 57.2 Å². The lowest BCUT2D eigenvalue weighted by Crippen LogP contribution is -2.19. The van der Waals surface area contributed by atoms with E-state index < -0.39 is 0 Å². The lowest BCUT2D eigenvalue weighted by atomic mass is 9.76. The lowest BCUT2D eigenvalue weighted by molar-refractivity contribution is 0.381. The summed E-state index contributed by atoms with van der Waals surface area (Å²) in [5.41, 5.74) is 13.3. The number of methoxy groups -OCH3 is 1. The van der Waals surface area contributed by atoms with Crippen molar-refractivity contribution >= 4 is 6.08 Å². The third kappa shape index (κ3) is 4.09. The van der Waals surface area contributed by atoms with E-state index in [1.165, 1.54) is 65.5 Å². The van der Waals surface area contributed by atoms with Gasteiger partial charge in [-0.3, -0.25) is 0 Å². The zero-order valence-corrected chi connectivity index (χ0v) is 21.0. The summed E-state index contributed by atoms with van der Waals surface area (Å²) in [6.07, 6.45) is 9.89. The number of allylic oxidation sites excluding steroid dienone is 1. The van der Waals surface area contributed by atoms with Crippen molar-refractivity contribution in [2.45, 2.75) is 97.8 Å². The number of aryl methyl sites for hydroxylation is 1. The minimum Gasteiger partial charge on any atom is -0.496 e. The number of hydrogen-bond acceptors (Lipinski definition) is 1. The van der Waals surface area contributed by atoms with Gasteiger partial charge in [-0.25, -0.2) is 0 Å². The quantitative estimate of drug-likeness (QED) is 0.448. The number of fused-ring (bicyclic) bond motifs is 2. The molecule has 0 bridgehead atoms. The molecular weight excluding hydrogens is 376 g/mol. The smallest absolute Gasteiger partial charge is 0.126 e. The summed E-state index contributed by atoms with van der Waals surface area (Å²) >= 11 is 0. The summed E-state index contributed by atoms with van der Waals surface area (Å²) in [6, 6.07) is 7.40. The van der Waals surface area contributed by atoms with Crippen LogP contribution in [0.5, 0.6) is 5.75 Å². The Labute approximate surface area is 189 Å². The van der Waals surface area contributed by atoms with Crippen LogP contribution in [0.15, 0.2) is 23.8 Å². The first-order chi connectivity index (χ1) is 14.5. The predicted molar refractivity (Wildman–Crippen MR) is 134 cm³/mol. The van der Waals surface area contributed by atoms with Gasteiger partial charge in [-0.15, -0.1) is 0 Å². The molecule has 0 aromatic heterocycles. The van der Waals surface area contributed by atoms with Crippen LogP contribution < -0.4 is 4.74 Å². The monoisotopic (exact) mass is 416 g/mol. The Morgan fingerprint density at radius 2 is 1.39 bits per heavy atom. The van der Waals surface area contributed by atoms with Crippen molar-refractivity contribution in [1.29, 1.82) is 0 Å². The summed E-state index contributed by atoms with van der Waals surface area (Å²) in [5, 5.41) is 0. The summed E-state index contributed by atoms with van der Waals surface area (Å²) in [7, 11) is 1.83. The van der Waals surface area contributed by atoms with Crippen LogP contribution in [0, 0.1) is 0 Å². The first-order valence-corrected chi connectivity index (χ1v) is 12.1. The number of ether oxygens (including phenoxy) is 1. The largest absolute Gasteiger partial charge is 0.496 e. The maximum absolute atomic E-state index is 6.05. The van der Waals surface area contributed by atoms with Crippen LogP contribution in [0.1, 0.15) is 101 Å². The lowest BCUT2D eigenvalue weighted by Gasteiger charge is -2.31. The highest BCUT2D eigenvalue weighted by Crippen LogP contribution is 2.46. The first kappa shape index (κ1) is 22.2. The van der Waals surface area contributed by atoms with Gasteiger partial charge in [0.25, 0.3) is 0 Å². The minimum absolute atomic E-state index is 0.0183. The van der Waals surface area contributed by atoms with E-state index in [0.717, 1.165) is 12.2 Å². The van der Waals surface area contributed by atoms with Gasteiger partial charge in [0.1, 0.15) is 5.75 Å². The molecule has 0 saturated carbocycles. The Morgan fingerprint density at radius 1 is 0.774 bits per heavy atom. The van der Waals surface area contributed by atoms with Crippen LogP contribution in [0.2, 0.25) is 0 Å². The molecule has 0 fully saturated rings. The van der Waals surface area contributed by atoms with Crippen LogP contribution in [0.25, 0.3) is 17.2 Å². The zero-order valence-electron chi connectivity index (χ0n) is 21.0. The van der Waals surface area contributed by atoms with E-state index in [2.05, 4.69) is 72.7 Å². The van der Waals surface area contributed by atoms with Gasteiger partial charge in [-0.1, -0.05) is 65.7 Å². The Balaban J connectivity index is 2.07. The number of benzene rings is 2. The molecule has 2 aromatic rings. The molecule has 31 heavy (non-hydrogen) atoms. The van der Waals surface area contributed by atoms with Crippen LogP contribution >= 0.6 is 0 Å². The number of rotatable bonds is 2. The van der Waals surface area contributed by atoms with Gasteiger partial charge < -0.3 is 4.74 Å². The van der Waals surface area contributed by atoms with Crippen LogP contribution in [0.3, 0.4) is 0 Å². The summed E-state index contributed by atoms with van der Waals surface area (Å²) < 4.78 is 6.05. The fourth-order valence-corrected chi connectivity index (χ4v) is 5.52. The van der Waals surface area contributed by atoms with Crippen molar-refractivity contribution < 1.29 is 4.74 Å². The molecule has 0 N–H and O–H groups in total. The Hall–Kier alpha value is -2.02. The number of hydrogen-bond donors (Lipinski definition) is 0. The second-order valence-corrected chi connectivity index (χ2v) is 11.8. The average molecular weight is 417 g/mol. The maximum atomic E-state index is 6.05. The van der Waals surface area contributed by atoms with Crippen molar-refractivity contribution in [3.8, 4) is 16.9 Å². The minimum atomic E-state index is 0.0183. The molecular formula is C30H40O. The molecule has 4 rings (SSSR count). The maximum Gasteiger partial charge on any atom is 0.126 e. The van der Waals surface area contributed by atoms with Crippen molar-refractivity contribution in [2.24, 2.45) is 0 Å². The molecule has 2 aliphatic rings. The van der Waals surface area contributed by atoms with Gasteiger partial charge in [0.2, 0.25) is 0 Å². The van der Waals surface area contributed by atoms with Gasteiger partial charge in [0.05, 0.1) is 7.11 Å². The van der Waals surface area contributed by atoms with Gasteiger partial charge in [0.15, 0.2) is 0 Å². The summed E-state index contributed by atoms with van der Waals surface area (Å²) in [4.78, 5) is 0. The molecule has 0 aliphatic heterocycles. The molecule has 1 heteroatoms. The Kier molecular flexibility index (Phi) is 5.61. The predicted octanol–water partition coefficient (Wildman–Crippen LogP) is 8.19. The van der Waals surface area contributed by atoms with E-state index in [4.69, 9.17) is 4.74 Å². The fourth-order valence-electron chi connectivity index (χ4n) is 5.52. The molecule has 2 aromatic carbocycles. The van der Waals surface area contributed by atoms with Crippen molar-refractivity contribution in [2.75, 3.05) is 7.11 Å². The van der Waals surface area contributed by atoms with E-state index >= 15 is 0 Å². The normalized spacial score (nSPS) is 16.5. The highest BCUT2D eigenvalue weighted by molar-refractivity contribution is 5.82. The van der Waals surface area contributed by atoms with E-state index in [-0.39, 0.29) is 10.8 Å². The van der Waals surface area contributed by atoms with Gasteiger partial charge in [-0.2, -0.15) is 0 Å². The van der Waals surface area contributed by atoms with Crippen LogP contribution in [0.4, 0.5) is 0 Å². The van der Waals surface area contributed by atoms with E-state index in [0.29, 0.717) is 0 Å². The molecule has 1 nitrogen and oxygen atoms in total. The molecule has 166 valence electrons. The molecule has 0 amide bonds. The van der Waals surface area contributed by atoms with Crippen molar-refractivity contribution in [3.63, 3.8) is 0 Å². The third-order valence-corrected chi connectivity index (χ3v) is 7.10. The van der Waals surface area contributed by atoms with Crippen molar-refractivity contribution in [1.82, 2.24) is 0 Å². The Morgan fingerprint density at radius 3 is 1.97 bits per heavy atom. The fraction of sp³-hybridized carbons (Fsp3) is 0.533. The van der Waals surface area contributed by atoms with Crippen LogP contribution in [-0.2, 0) is 30.1 Å². The topological polar surface area (TPSA) is 9.23 Å². The molecule has 0 unspecified atom stereocenters. The molecule has 0 heterocycles. The highest BCUT2D eigenvalue weighted by atomic mass is 16.5. The summed E-state index contributed by atoms with van der Waals surface area (Å²) in [5.74, 6) is 1.07. The standard InChI is InChI=1S/C30H40O/c1-19-14-21-16-20-12-10-9-11-13-23(20)27(24(21)15-19)22-17-25(29(2,3)4)28(31-8)26(18-22)30(5,6)7/h14,16-18H,9-13,15H2,1-8H3. The van der Waals surface area contributed by atoms with Crippen LogP contribution in [-0.4, -0.2) is 7.11 Å². The average Bonchev–Trinajstić information content (AvgIpc) is 2.88. The SMILES string of the molecule is COc1c(C(C)(C)C)cc(-c2c3c(cc4c2CCCCC4)C=C(C)C3)cc1C(C)(C)C. The molecule has 0 atom stereocenters. The van der Waals surface area contributed by atoms with Gasteiger partial charge in [-0.05, 0) is 95.4 Å². The molecule has 0 radical (unpaired) electrons. The highest BCUT2D eigenvalue weighted by Gasteiger charge is 2.30. The second-order valence-electron chi connectivity index (χ2n) is 11.8. The molecule has 0 saturated heterocycles. The second kappa shape index (κ2) is 7.84.